The fourth-order valence-corrected chi connectivity index (χ4v) is 3.27. The van der Waals surface area contributed by atoms with Gasteiger partial charge in [-0.3, -0.25) is 5.32 Å². The number of halogens is 1. The molecule has 0 aromatic heterocycles. The number of allylic oxidation sites excluding steroid dienone is 2. The van der Waals surface area contributed by atoms with Crippen molar-refractivity contribution in [3.63, 3.8) is 0 Å². The lowest BCUT2D eigenvalue weighted by Gasteiger charge is -2.40. The number of hydrogen-bond acceptors (Lipinski definition) is 5. The van der Waals surface area contributed by atoms with Gasteiger partial charge in [-0.2, -0.15) is 0 Å². The van der Waals surface area contributed by atoms with E-state index >= 15 is 0 Å². The van der Waals surface area contributed by atoms with Crippen molar-refractivity contribution in [2.75, 3.05) is 27.9 Å². The van der Waals surface area contributed by atoms with Gasteiger partial charge in [-0.15, -0.1) is 12.4 Å². The number of methoxy groups -OCH3 is 3. The fraction of sp³-hybridized carbons (Fsp3) is 0.421. The molecule has 2 atom stereocenters. The van der Waals surface area contributed by atoms with Gasteiger partial charge in [0.15, 0.2) is 11.5 Å². The molecule has 2 unspecified atom stereocenters. The van der Waals surface area contributed by atoms with E-state index in [2.05, 4.69) is 24.4 Å². The molecule has 5 nitrogen and oxygen atoms in total. The van der Waals surface area contributed by atoms with E-state index in [9.17, 15) is 4.79 Å². The zero-order valence-corrected chi connectivity index (χ0v) is 15.9. The van der Waals surface area contributed by atoms with E-state index in [0.29, 0.717) is 17.2 Å². The molecule has 0 amide bonds. The van der Waals surface area contributed by atoms with E-state index in [-0.39, 0.29) is 24.9 Å². The van der Waals surface area contributed by atoms with E-state index in [0.717, 1.165) is 18.3 Å². The van der Waals surface area contributed by atoms with Crippen LogP contribution in [0, 0.1) is 5.92 Å². The van der Waals surface area contributed by atoms with Crippen LogP contribution in [0.1, 0.15) is 18.9 Å². The number of carbonyl (C=O) groups is 1. The number of aldehydes is 1. The third-order valence-electron chi connectivity index (χ3n) is 4.46. The Balaban J connectivity index is 0.00000312. The molecule has 1 aromatic carbocycles. The van der Waals surface area contributed by atoms with Crippen molar-refractivity contribution >= 4 is 18.7 Å². The minimum absolute atomic E-state index is 0. The van der Waals surface area contributed by atoms with Crippen LogP contribution in [0.5, 0.6) is 17.2 Å². The first-order valence-corrected chi connectivity index (χ1v) is 8.02. The van der Waals surface area contributed by atoms with Gasteiger partial charge in [0.2, 0.25) is 5.75 Å². The van der Waals surface area contributed by atoms with Crippen molar-refractivity contribution in [1.82, 2.24) is 5.32 Å². The van der Waals surface area contributed by atoms with Crippen molar-refractivity contribution in [2.24, 2.45) is 5.92 Å². The van der Waals surface area contributed by atoms with Crippen molar-refractivity contribution in [2.45, 2.75) is 18.9 Å². The first-order chi connectivity index (χ1) is 11.7. The highest BCUT2D eigenvalue weighted by molar-refractivity contribution is 5.85. The molecular formula is C19H26ClNO4. The van der Waals surface area contributed by atoms with Gasteiger partial charge in [0.25, 0.3) is 0 Å². The number of rotatable bonds is 8. The summed E-state index contributed by atoms with van der Waals surface area (Å²) >= 11 is 0. The lowest BCUT2D eigenvalue weighted by Crippen LogP contribution is -2.47. The molecule has 138 valence electrons. The van der Waals surface area contributed by atoms with E-state index in [4.69, 9.17) is 14.2 Å². The van der Waals surface area contributed by atoms with E-state index < -0.39 is 5.54 Å². The molecular weight excluding hydrogens is 342 g/mol. The Kier molecular flexibility index (Phi) is 8.00. The van der Waals surface area contributed by atoms with Crippen LogP contribution in [-0.4, -0.2) is 34.2 Å². The predicted molar refractivity (Wildman–Crippen MR) is 101 cm³/mol. The Bertz CT molecular complexity index is 619. The third kappa shape index (κ3) is 3.99. The molecule has 0 bridgehead atoms. The number of ether oxygens (including phenoxy) is 3. The minimum Gasteiger partial charge on any atom is -0.493 e. The third-order valence-corrected chi connectivity index (χ3v) is 4.46. The summed E-state index contributed by atoms with van der Waals surface area (Å²) in [5.74, 6) is 1.94. The largest absolute Gasteiger partial charge is 0.493 e. The molecule has 1 aromatic rings. The molecule has 1 N–H and O–H groups in total. The number of nitrogens with one attached hydrogen (secondary N) is 1. The lowest BCUT2D eigenvalue weighted by atomic mass is 9.74. The minimum atomic E-state index is -0.503. The summed E-state index contributed by atoms with van der Waals surface area (Å²) in [5, 5.41) is 3.38. The zero-order chi connectivity index (χ0) is 17.6. The molecule has 6 heteroatoms. The average molecular weight is 368 g/mol. The van der Waals surface area contributed by atoms with E-state index in [1.54, 1.807) is 21.3 Å². The number of carbonyl (C=O) groups excluding carboxylic acids is 1. The van der Waals surface area contributed by atoms with Crippen LogP contribution < -0.4 is 19.5 Å². The first-order valence-electron chi connectivity index (χ1n) is 8.02. The first kappa shape index (κ1) is 21.1. The fourth-order valence-electron chi connectivity index (χ4n) is 3.27. The van der Waals surface area contributed by atoms with Gasteiger partial charge in [-0.25, -0.2) is 0 Å². The summed E-state index contributed by atoms with van der Waals surface area (Å²) in [4.78, 5) is 11.0. The normalized spacial score (nSPS) is 21.4. The maximum atomic E-state index is 11.0. The monoisotopic (exact) mass is 367 g/mol. The van der Waals surface area contributed by atoms with Crippen LogP contribution in [0.3, 0.4) is 0 Å². The zero-order valence-electron chi connectivity index (χ0n) is 15.1. The molecule has 0 radical (unpaired) electrons. The van der Waals surface area contributed by atoms with Gasteiger partial charge in [0, 0.05) is 5.92 Å². The standard InChI is InChI=1S/C19H25NO4.ClH/c1-5-14-8-6-7-9-19(14,20-10-11-21)15-12-16(22-2)18(24-4)17(13-15)23-3;/h6-9,11-14,20H,5,10H2,1-4H3;1H. The second-order valence-corrected chi connectivity index (χ2v) is 5.59. The smallest absolute Gasteiger partial charge is 0.203 e. The van der Waals surface area contributed by atoms with Gasteiger partial charge in [0.1, 0.15) is 6.29 Å². The molecule has 0 saturated carbocycles. The Morgan fingerprint density at radius 3 is 2.24 bits per heavy atom. The highest BCUT2D eigenvalue weighted by Crippen LogP contribution is 2.44. The van der Waals surface area contributed by atoms with Crippen LogP contribution in [0.2, 0.25) is 0 Å². The molecule has 0 saturated heterocycles. The summed E-state index contributed by atoms with van der Waals surface area (Å²) in [6, 6.07) is 3.87. The summed E-state index contributed by atoms with van der Waals surface area (Å²) in [6.45, 7) is 2.38. The predicted octanol–water partition coefficient (Wildman–Crippen LogP) is 3.27. The average Bonchev–Trinajstić information content (AvgIpc) is 2.64. The highest BCUT2D eigenvalue weighted by atomic mass is 35.5. The van der Waals surface area contributed by atoms with Crippen molar-refractivity contribution in [3.8, 4) is 17.2 Å². The Morgan fingerprint density at radius 1 is 1.12 bits per heavy atom. The SMILES string of the molecule is CCC1C=CC=CC1(NCC=O)c1cc(OC)c(OC)c(OC)c1.Cl. The van der Waals surface area contributed by atoms with Crippen LogP contribution in [0.25, 0.3) is 0 Å². The molecule has 25 heavy (non-hydrogen) atoms. The van der Waals surface area contributed by atoms with Crippen LogP contribution in [0.4, 0.5) is 0 Å². The molecule has 0 fully saturated rings. The number of benzene rings is 1. The van der Waals surface area contributed by atoms with Gasteiger partial charge in [0.05, 0.1) is 33.4 Å². The maximum Gasteiger partial charge on any atom is 0.203 e. The highest BCUT2D eigenvalue weighted by Gasteiger charge is 2.38. The lowest BCUT2D eigenvalue weighted by molar-refractivity contribution is -0.107. The van der Waals surface area contributed by atoms with Crippen molar-refractivity contribution in [3.05, 3.63) is 42.0 Å². The Labute approximate surface area is 155 Å². The maximum absolute atomic E-state index is 11.0. The van der Waals surface area contributed by atoms with E-state index in [1.165, 1.54) is 0 Å². The van der Waals surface area contributed by atoms with Gasteiger partial charge in [-0.05, 0) is 24.1 Å². The van der Waals surface area contributed by atoms with Gasteiger partial charge < -0.3 is 19.0 Å². The molecule has 0 aliphatic heterocycles. The molecule has 2 rings (SSSR count). The molecule has 1 aliphatic rings. The van der Waals surface area contributed by atoms with Crippen molar-refractivity contribution < 1.29 is 19.0 Å². The molecule has 1 aliphatic carbocycles. The Morgan fingerprint density at radius 2 is 1.76 bits per heavy atom. The van der Waals surface area contributed by atoms with E-state index in [1.807, 2.05) is 24.3 Å². The Hall–Kier alpha value is -1.98. The van der Waals surface area contributed by atoms with Gasteiger partial charge >= 0.3 is 0 Å². The van der Waals surface area contributed by atoms with Crippen LogP contribution in [0.15, 0.2) is 36.4 Å². The molecule has 0 spiro atoms. The topological polar surface area (TPSA) is 56.8 Å². The van der Waals surface area contributed by atoms with Crippen LogP contribution >= 0.6 is 12.4 Å². The quantitative estimate of drug-likeness (QED) is 0.714. The second kappa shape index (κ2) is 9.49. The number of hydrogen-bond donors (Lipinski definition) is 1. The summed E-state index contributed by atoms with van der Waals surface area (Å²) in [5.41, 5.74) is 0.461. The van der Waals surface area contributed by atoms with Gasteiger partial charge in [-0.1, -0.05) is 31.2 Å². The summed E-state index contributed by atoms with van der Waals surface area (Å²) < 4.78 is 16.4. The molecule has 0 heterocycles. The summed E-state index contributed by atoms with van der Waals surface area (Å²) in [6.07, 6.45) is 10.1. The second-order valence-electron chi connectivity index (χ2n) is 5.59. The van der Waals surface area contributed by atoms with Crippen molar-refractivity contribution in [1.29, 1.82) is 0 Å². The summed E-state index contributed by atoms with van der Waals surface area (Å²) in [7, 11) is 4.78. The van der Waals surface area contributed by atoms with Crippen LogP contribution in [-0.2, 0) is 10.3 Å².